The smallest absolute Gasteiger partial charge is 0.309 e. The van der Waals surface area contributed by atoms with Crippen molar-refractivity contribution in [3.8, 4) is 0 Å². The molecular weight excluding hydrogens is 198 g/mol. The number of carbonyl (C=O) groups is 1. The lowest BCUT2D eigenvalue weighted by Gasteiger charge is -2.00. The number of esters is 1. The Labute approximate surface area is 86.5 Å². The minimum absolute atomic E-state index is 0.0555. The van der Waals surface area contributed by atoms with Crippen molar-refractivity contribution in [3.63, 3.8) is 0 Å². The molecule has 2 aliphatic rings. The third kappa shape index (κ3) is 1.86. The molecule has 1 aliphatic heterocycles. The normalized spacial score (nSPS) is 36.7. The van der Waals surface area contributed by atoms with Crippen molar-refractivity contribution in [1.29, 1.82) is 0 Å². The molecule has 1 aliphatic carbocycles. The van der Waals surface area contributed by atoms with Crippen molar-refractivity contribution in [2.45, 2.75) is 13.3 Å². The Morgan fingerprint density at radius 1 is 1.79 bits per heavy atom. The second-order valence-corrected chi connectivity index (χ2v) is 5.04. The van der Waals surface area contributed by atoms with Gasteiger partial charge in [0.2, 0.25) is 0 Å². The minimum atomic E-state index is -0.538. The molecule has 3 unspecified atom stereocenters. The minimum Gasteiger partial charge on any atom is -0.466 e. The third-order valence-corrected chi connectivity index (χ3v) is 3.63. The lowest BCUT2D eigenvalue weighted by molar-refractivity contribution is -0.144. The first-order chi connectivity index (χ1) is 6.72. The fraction of sp³-hybridized carbons (Fsp3) is 0.500. The second-order valence-electron chi connectivity index (χ2n) is 3.59. The van der Waals surface area contributed by atoms with E-state index in [2.05, 4.69) is 11.5 Å². The zero-order valence-corrected chi connectivity index (χ0v) is 9.04. The Morgan fingerprint density at radius 2 is 2.57 bits per heavy atom. The van der Waals surface area contributed by atoms with E-state index in [0.29, 0.717) is 12.5 Å². The molecule has 2 rings (SSSR count). The van der Waals surface area contributed by atoms with Crippen LogP contribution in [0.2, 0.25) is 0 Å². The quantitative estimate of drug-likeness (QED) is 0.551. The Bertz CT molecular complexity index is 311. The predicted octanol–water partition coefficient (Wildman–Crippen LogP) is 1.47. The SMILES string of the molecule is CCOC(=O)C1CC1C1=C[SH](N)C=C1. The van der Waals surface area contributed by atoms with Gasteiger partial charge in [-0.25, -0.2) is 0 Å². The van der Waals surface area contributed by atoms with Gasteiger partial charge in [-0.1, -0.05) is 6.08 Å². The van der Waals surface area contributed by atoms with E-state index >= 15 is 0 Å². The highest BCUT2D eigenvalue weighted by atomic mass is 32.2. The van der Waals surface area contributed by atoms with Crippen molar-refractivity contribution in [2.75, 3.05) is 6.61 Å². The zero-order valence-electron chi connectivity index (χ0n) is 8.14. The van der Waals surface area contributed by atoms with E-state index in [1.807, 2.05) is 12.3 Å². The molecule has 0 amide bonds. The lowest BCUT2D eigenvalue weighted by Crippen LogP contribution is -2.07. The number of hydrogen-bond donors (Lipinski definition) is 2. The molecule has 14 heavy (non-hydrogen) atoms. The van der Waals surface area contributed by atoms with Crippen LogP contribution >= 0.6 is 11.1 Å². The van der Waals surface area contributed by atoms with Gasteiger partial charge in [-0.3, -0.25) is 9.93 Å². The summed E-state index contributed by atoms with van der Waals surface area (Å²) in [6, 6.07) is 0. The van der Waals surface area contributed by atoms with Gasteiger partial charge in [0.1, 0.15) is 0 Å². The summed E-state index contributed by atoms with van der Waals surface area (Å²) in [6.07, 6.45) is 2.98. The summed E-state index contributed by atoms with van der Waals surface area (Å²) in [5.74, 6) is 0.411. The first-order valence-electron chi connectivity index (χ1n) is 4.82. The van der Waals surface area contributed by atoms with Gasteiger partial charge >= 0.3 is 5.97 Å². The molecule has 0 saturated heterocycles. The van der Waals surface area contributed by atoms with Crippen molar-refractivity contribution >= 4 is 17.1 Å². The lowest BCUT2D eigenvalue weighted by atomic mass is 10.1. The van der Waals surface area contributed by atoms with E-state index in [0.717, 1.165) is 6.42 Å². The maximum Gasteiger partial charge on any atom is 0.309 e. The van der Waals surface area contributed by atoms with Gasteiger partial charge in [0.15, 0.2) is 0 Å². The number of nitrogens with two attached hydrogens (primary N) is 1. The first-order valence-corrected chi connectivity index (χ1v) is 6.37. The van der Waals surface area contributed by atoms with Gasteiger partial charge in [0, 0.05) is 0 Å². The van der Waals surface area contributed by atoms with Gasteiger partial charge in [-0.05, 0) is 35.7 Å². The van der Waals surface area contributed by atoms with Gasteiger partial charge in [0.05, 0.1) is 12.5 Å². The number of thiol groups is 1. The summed E-state index contributed by atoms with van der Waals surface area (Å²) in [7, 11) is 0. The van der Waals surface area contributed by atoms with Crippen LogP contribution in [0, 0.1) is 11.8 Å². The van der Waals surface area contributed by atoms with Gasteiger partial charge in [-0.2, -0.15) is 11.1 Å². The molecule has 1 saturated carbocycles. The number of hydrogen-bond acceptors (Lipinski definition) is 3. The van der Waals surface area contributed by atoms with Crippen molar-refractivity contribution in [2.24, 2.45) is 17.0 Å². The van der Waals surface area contributed by atoms with Crippen molar-refractivity contribution in [3.05, 3.63) is 22.5 Å². The van der Waals surface area contributed by atoms with Crippen LogP contribution in [0.25, 0.3) is 0 Å². The Kier molecular flexibility index (Phi) is 2.65. The largest absolute Gasteiger partial charge is 0.466 e. The molecule has 1 heterocycles. The van der Waals surface area contributed by atoms with E-state index < -0.39 is 11.1 Å². The summed E-state index contributed by atoms with van der Waals surface area (Å²) in [4.78, 5) is 11.4. The average molecular weight is 213 g/mol. The molecule has 0 aromatic rings. The molecular formula is C10H15NO2S. The van der Waals surface area contributed by atoms with Crippen LogP contribution in [-0.2, 0) is 9.53 Å². The topological polar surface area (TPSA) is 52.3 Å². The molecule has 0 bridgehead atoms. The molecule has 4 heteroatoms. The number of ether oxygens (including phenoxy) is 1. The van der Waals surface area contributed by atoms with E-state index in [1.165, 1.54) is 5.57 Å². The molecule has 0 aromatic carbocycles. The maximum absolute atomic E-state index is 11.4. The molecule has 1 fully saturated rings. The highest BCUT2D eigenvalue weighted by Crippen LogP contribution is 2.49. The van der Waals surface area contributed by atoms with E-state index in [1.54, 1.807) is 0 Å². The van der Waals surface area contributed by atoms with Crippen LogP contribution in [0.3, 0.4) is 0 Å². The van der Waals surface area contributed by atoms with Crippen LogP contribution in [0.1, 0.15) is 13.3 Å². The summed E-state index contributed by atoms with van der Waals surface area (Å²) in [5.41, 5.74) is 1.23. The summed E-state index contributed by atoms with van der Waals surface area (Å²) >= 11 is -0.538. The third-order valence-electron chi connectivity index (χ3n) is 2.55. The molecule has 3 nitrogen and oxygen atoms in total. The van der Waals surface area contributed by atoms with Crippen LogP contribution in [0.15, 0.2) is 22.5 Å². The number of carbonyl (C=O) groups excluding carboxylic acids is 1. The van der Waals surface area contributed by atoms with Crippen molar-refractivity contribution < 1.29 is 9.53 Å². The van der Waals surface area contributed by atoms with Gasteiger partial charge in [-0.15, -0.1) is 0 Å². The van der Waals surface area contributed by atoms with Crippen molar-refractivity contribution in [1.82, 2.24) is 0 Å². The molecule has 0 spiro atoms. The fourth-order valence-corrected chi connectivity index (χ4v) is 2.77. The van der Waals surface area contributed by atoms with Crippen LogP contribution in [0.5, 0.6) is 0 Å². The van der Waals surface area contributed by atoms with Crippen LogP contribution in [0.4, 0.5) is 0 Å². The second kappa shape index (κ2) is 3.79. The Hall–Kier alpha value is -0.740. The fourth-order valence-electron chi connectivity index (χ4n) is 1.72. The molecule has 78 valence electrons. The van der Waals surface area contributed by atoms with Gasteiger partial charge in [0.25, 0.3) is 0 Å². The van der Waals surface area contributed by atoms with E-state index in [-0.39, 0.29) is 11.9 Å². The average Bonchev–Trinajstić information content (AvgIpc) is 2.84. The molecule has 0 radical (unpaired) electrons. The Morgan fingerprint density at radius 3 is 3.14 bits per heavy atom. The van der Waals surface area contributed by atoms with Crippen LogP contribution < -0.4 is 5.14 Å². The summed E-state index contributed by atoms with van der Waals surface area (Å²) < 4.78 is 4.97. The van der Waals surface area contributed by atoms with Crippen LogP contribution in [-0.4, -0.2) is 12.6 Å². The molecule has 2 N–H and O–H groups in total. The highest BCUT2D eigenvalue weighted by molar-refractivity contribution is 8.20. The van der Waals surface area contributed by atoms with Gasteiger partial charge < -0.3 is 4.74 Å². The standard InChI is InChI=1S/C10H15NO2S/c1-2-13-10(12)9-5-8(9)7-3-4-14(11)6-7/h3-4,6,8-9,14H,2,5,11H2,1H3. The highest BCUT2D eigenvalue weighted by Gasteiger charge is 2.46. The van der Waals surface area contributed by atoms with E-state index in [4.69, 9.17) is 9.88 Å². The summed E-state index contributed by atoms with van der Waals surface area (Å²) in [5, 5.41) is 9.86. The monoisotopic (exact) mass is 213 g/mol. The zero-order chi connectivity index (χ0) is 10.1. The summed E-state index contributed by atoms with van der Waals surface area (Å²) in [6.45, 7) is 2.31. The predicted molar refractivity (Wildman–Crippen MR) is 58.6 cm³/mol. The number of rotatable bonds is 3. The maximum atomic E-state index is 11.4. The van der Waals surface area contributed by atoms with E-state index in [9.17, 15) is 4.79 Å². The first kappa shape index (κ1) is 9.80. The number of allylic oxidation sites excluding steroid dienone is 2. The molecule has 3 atom stereocenters. The Balaban J connectivity index is 1.90. The molecule has 0 aromatic heterocycles.